The van der Waals surface area contributed by atoms with Gasteiger partial charge in [-0.1, -0.05) is 0 Å². The summed E-state index contributed by atoms with van der Waals surface area (Å²) < 4.78 is 17.6. The van der Waals surface area contributed by atoms with Crippen molar-refractivity contribution in [3.8, 4) is 11.5 Å². The van der Waals surface area contributed by atoms with Crippen LogP contribution < -0.4 is 20.1 Å². The molecule has 1 atom stereocenters. The maximum atomic E-state index is 12.4. The zero-order valence-electron chi connectivity index (χ0n) is 17.3. The number of hydrogen-bond donors (Lipinski definition) is 2. The van der Waals surface area contributed by atoms with Gasteiger partial charge >= 0.3 is 11.8 Å². The second-order valence-electron chi connectivity index (χ2n) is 6.63. The van der Waals surface area contributed by atoms with Crippen molar-refractivity contribution in [3.05, 3.63) is 59.8 Å². The molecule has 1 unspecified atom stereocenters. The lowest BCUT2D eigenvalue weighted by atomic mass is 10.2. The van der Waals surface area contributed by atoms with Crippen LogP contribution in [0, 0.1) is 13.8 Å². The number of amides is 2. The minimum absolute atomic E-state index is 0.126. The van der Waals surface area contributed by atoms with Gasteiger partial charge in [0.2, 0.25) is 0 Å². The van der Waals surface area contributed by atoms with Gasteiger partial charge < -0.3 is 24.5 Å². The molecule has 2 N–H and O–H groups in total. The second-order valence-corrected chi connectivity index (χ2v) is 6.63. The Hall–Kier alpha value is -3.75. The maximum absolute atomic E-state index is 12.4. The molecule has 0 fully saturated rings. The summed E-state index contributed by atoms with van der Waals surface area (Å²) in [5.41, 5.74) is 2.12. The Labute approximate surface area is 174 Å². The summed E-state index contributed by atoms with van der Waals surface area (Å²) in [7, 11) is 2.99. The van der Waals surface area contributed by atoms with Gasteiger partial charge in [-0.2, -0.15) is 5.10 Å². The highest BCUT2D eigenvalue weighted by Crippen LogP contribution is 2.29. The van der Waals surface area contributed by atoms with Gasteiger partial charge in [-0.25, -0.2) is 0 Å². The number of methoxy groups -OCH3 is 2. The van der Waals surface area contributed by atoms with Crippen molar-refractivity contribution in [3.63, 3.8) is 0 Å². The Kier molecular flexibility index (Phi) is 6.41. The number of anilines is 1. The lowest BCUT2D eigenvalue weighted by Gasteiger charge is -2.18. The van der Waals surface area contributed by atoms with Crippen LogP contribution in [-0.4, -0.2) is 42.4 Å². The Morgan fingerprint density at radius 3 is 2.53 bits per heavy atom. The van der Waals surface area contributed by atoms with Gasteiger partial charge in [0.1, 0.15) is 23.3 Å². The van der Waals surface area contributed by atoms with Crippen molar-refractivity contribution in [2.45, 2.75) is 19.9 Å². The molecular formula is C21H24N4O5. The minimum atomic E-state index is -0.815. The Morgan fingerprint density at radius 1 is 1.13 bits per heavy atom. The van der Waals surface area contributed by atoms with Crippen LogP contribution >= 0.6 is 0 Å². The van der Waals surface area contributed by atoms with Crippen LogP contribution in [0.4, 0.5) is 5.69 Å². The summed E-state index contributed by atoms with van der Waals surface area (Å²) in [6, 6.07) is 9.98. The zero-order valence-corrected chi connectivity index (χ0v) is 17.3. The van der Waals surface area contributed by atoms with Gasteiger partial charge in [-0.3, -0.25) is 14.3 Å². The number of aromatic nitrogens is 2. The fourth-order valence-electron chi connectivity index (χ4n) is 3.10. The molecule has 3 rings (SSSR count). The van der Waals surface area contributed by atoms with E-state index in [2.05, 4.69) is 15.7 Å². The van der Waals surface area contributed by atoms with Crippen LogP contribution in [-0.2, 0) is 9.59 Å². The number of ether oxygens (including phenoxy) is 2. The molecule has 2 amide bonds. The van der Waals surface area contributed by atoms with Gasteiger partial charge in [0, 0.05) is 18.3 Å². The number of carbonyl (C=O) groups is 2. The number of hydrogen-bond acceptors (Lipinski definition) is 6. The molecule has 0 saturated heterocycles. The summed E-state index contributed by atoms with van der Waals surface area (Å²) in [5, 5.41) is 9.67. The number of rotatable bonds is 7. The molecule has 30 heavy (non-hydrogen) atoms. The molecule has 3 aromatic rings. The van der Waals surface area contributed by atoms with E-state index in [4.69, 9.17) is 13.9 Å². The van der Waals surface area contributed by atoms with Crippen molar-refractivity contribution in [2.75, 3.05) is 26.1 Å². The lowest BCUT2D eigenvalue weighted by Crippen LogP contribution is -2.39. The predicted molar refractivity (Wildman–Crippen MR) is 110 cm³/mol. The van der Waals surface area contributed by atoms with E-state index in [-0.39, 0.29) is 12.6 Å². The van der Waals surface area contributed by atoms with Crippen LogP contribution in [0.3, 0.4) is 0 Å². The quantitative estimate of drug-likeness (QED) is 0.577. The zero-order chi connectivity index (χ0) is 21.7. The average molecular weight is 412 g/mol. The predicted octanol–water partition coefficient (Wildman–Crippen LogP) is 2.45. The first-order chi connectivity index (χ1) is 14.4. The van der Waals surface area contributed by atoms with E-state index in [0.717, 1.165) is 11.4 Å². The summed E-state index contributed by atoms with van der Waals surface area (Å²) in [4.78, 5) is 24.8. The number of nitrogens with zero attached hydrogens (tertiary/aromatic N) is 2. The Balaban J connectivity index is 1.70. The van der Waals surface area contributed by atoms with Crippen LogP contribution in [0.5, 0.6) is 11.5 Å². The van der Waals surface area contributed by atoms with Gasteiger partial charge in [-0.05, 0) is 44.2 Å². The van der Waals surface area contributed by atoms with Crippen LogP contribution in [0.25, 0.3) is 0 Å². The smallest absolute Gasteiger partial charge is 0.313 e. The monoisotopic (exact) mass is 412 g/mol. The molecular weight excluding hydrogens is 388 g/mol. The van der Waals surface area contributed by atoms with Gasteiger partial charge in [0.25, 0.3) is 0 Å². The third kappa shape index (κ3) is 4.62. The maximum Gasteiger partial charge on any atom is 0.313 e. The van der Waals surface area contributed by atoms with E-state index < -0.39 is 11.8 Å². The molecule has 2 aromatic heterocycles. The van der Waals surface area contributed by atoms with Gasteiger partial charge in [0.05, 0.1) is 31.9 Å². The normalized spacial score (nSPS) is 11.6. The first-order valence-corrected chi connectivity index (χ1v) is 9.30. The third-order valence-corrected chi connectivity index (χ3v) is 4.53. The molecule has 0 spiro atoms. The highest BCUT2D eigenvalue weighted by Gasteiger charge is 2.23. The van der Waals surface area contributed by atoms with Crippen molar-refractivity contribution in [2.24, 2.45) is 0 Å². The van der Waals surface area contributed by atoms with Crippen molar-refractivity contribution < 1.29 is 23.5 Å². The van der Waals surface area contributed by atoms with E-state index in [0.29, 0.717) is 22.9 Å². The van der Waals surface area contributed by atoms with Crippen molar-refractivity contribution in [1.82, 2.24) is 15.1 Å². The molecule has 158 valence electrons. The van der Waals surface area contributed by atoms with Crippen molar-refractivity contribution in [1.29, 1.82) is 0 Å². The first-order valence-electron chi connectivity index (χ1n) is 9.30. The molecule has 0 aliphatic rings. The van der Waals surface area contributed by atoms with Crippen LogP contribution in [0.2, 0.25) is 0 Å². The number of benzene rings is 1. The number of nitrogens with one attached hydrogen (secondary N) is 2. The van der Waals surface area contributed by atoms with E-state index in [9.17, 15) is 9.59 Å². The fourth-order valence-corrected chi connectivity index (χ4v) is 3.10. The minimum Gasteiger partial charge on any atom is -0.497 e. The van der Waals surface area contributed by atoms with E-state index in [1.165, 1.54) is 14.2 Å². The summed E-state index contributed by atoms with van der Waals surface area (Å²) in [6.07, 6.45) is 1.55. The van der Waals surface area contributed by atoms with E-state index in [1.54, 1.807) is 41.3 Å². The highest BCUT2D eigenvalue weighted by atomic mass is 16.5. The molecule has 2 heterocycles. The van der Waals surface area contributed by atoms with Crippen molar-refractivity contribution >= 4 is 17.5 Å². The Morgan fingerprint density at radius 2 is 1.93 bits per heavy atom. The highest BCUT2D eigenvalue weighted by molar-refractivity contribution is 6.39. The molecule has 9 heteroatoms. The number of aryl methyl sites for hydroxylation is 2. The fraction of sp³-hybridized carbons (Fsp3) is 0.286. The standard InChI is InChI=1S/C21H24N4O5/c1-13-10-14(2)25(24-13)17(18-6-5-9-30-18)12-22-20(26)21(27)23-16-8-7-15(28-3)11-19(16)29-4/h5-11,17H,12H2,1-4H3,(H,22,26)(H,23,27). The van der Waals surface area contributed by atoms with E-state index in [1.807, 2.05) is 19.9 Å². The summed E-state index contributed by atoms with van der Waals surface area (Å²) >= 11 is 0. The molecule has 1 aromatic carbocycles. The average Bonchev–Trinajstić information content (AvgIpc) is 3.38. The van der Waals surface area contributed by atoms with Crippen LogP contribution in [0.1, 0.15) is 23.2 Å². The number of furan rings is 1. The van der Waals surface area contributed by atoms with Crippen LogP contribution in [0.15, 0.2) is 47.1 Å². The topological polar surface area (TPSA) is 108 Å². The number of carbonyl (C=O) groups excluding carboxylic acids is 2. The van der Waals surface area contributed by atoms with Gasteiger partial charge in [-0.15, -0.1) is 0 Å². The molecule has 0 aliphatic heterocycles. The Bertz CT molecular complexity index is 1030. The summed E-state index contributed by atoms with van der Waals surface area (Å²) in [5.74, 6) is -0.0261. The lowest BCUT2D eigenvalue weighted by molar-refractivity contribution is -0.136. The third-order valence-electron chi connectivity index (χ3n) is 4.53. The molecule has 0 aliphatic carbocycles. The van der Waals surface area contributed by atoms with Gasteiger partial charge in [0.15, 0.2) is 0 Å². The SMILES string of the molecule is COc1ccc(NC(=O)C(=O)NCC(c2ccco2)n2nc(C)cc2C)c(OC)c1. The molecule has 9 nitrogen and oxygen atoms in total. The molecule has 0 bridgehead atoms. The van der Waals surface area contributed by atoms with E-state index >= 15 is 0 Å². The second kappa shape index (κ2) is 9.17. The first kappa shape index (κ1) is 21.0. The largest absolute Gasteiger partial charge is 0.497 e. The molecule has 0 radical (unpaired) electrons. The summed E-state index contributed by atoms with van der Waals surface area (Å²) in [6.45, 7) is 3.93. The molecule has 0 saturated carbocycles.